The Labute approximate surface area is 81.3 Å². The van der Waals surface area contributed by atoms with E-state index >= 15 is 0 Å². The van der Waals surface area contributed by atoms with Gasteiger partial charge in [0.15, 0.2) is 0 Å². The van der Waals surface area contributed by atoms with Crippen molar-refractivity contribution in [3.63, 3.8) is 0 Å². The van der Waals surface area contributed by atoms with Gasteiger partial charge in [-0.15, -0.1) is 0 Å². The first-order valence-corrected chi connectivity index (χ1v) is 7.24. The smallest absolute Gasteiger partial charge is 0.336 e. The molecule has 3 N–H and O–H groups in total. The molecular formula is C8H21NO3Si. The molecule has 0 aromatic rings. The van der Waals surface area contributed by atoms with Gasteiger partial charge in [0, 0.05) is 13.2 Å². The van der Waals surface area contributed by atoms with E-state index < -0.39 is 8.56 Å². The highest BCUT2D eigenvalue weighted by Crippen LogP contribution is 2.16. The molecule has 13 heavy (non-hydrogen) atoms. The molecule has 2 unspecified atom stereocenters. The summed E-state index contributed by atoms with van der Waals surface area (Å²) >= 11 is 0. The fourth-order valence-electron chi connectivity index (χ4n) is 1.26. The SMILES string of the molecule is CCO[Si](C)(CCCO)OC(C)N. The van der Waals surface area contributed by atoms with Crippen molar-refractivity contribution >= 4 is 8.56 Å². The number of hydrogen-bond donors (Lipinski definition) is 2. The maximum atomic E-state index is 8.71. The summed E-state index contributed by atoms with van der Waals surface area (Å²) in [5.41, 5.74) is 5.55. The summed E-state index contributed by atoms with van der Waals surface area (Å²) in [4.78, 5) is 0. The monoisotopic (exact) mass is 207 g/mol. The number of nitrogens with two attached hydrogens (primary N) is 1. The Hall–Kier alpha value is 0.0569. The summed E-state index contributed by atoms with van der Waals surface area (Å²) in [5.74, 6) is 0. The molecule has 5 heteroatoms. The van der Waals surface area contributed by atoms with Gasteiger partial charge < -0.3 is 19.7 Å². The van der Waals surface area contributed by atoms with Gasteiger partial charge in [-0.25, -0.2) is 0 Å². The van der Waals surface area contributed by atoms with Crippen LogP contribution in [0.25, 0.3) is 0 Å². The van der Waals surface area contributed by atoms with E-state index in [4.69, 9.17) is 19.7 Å². The minimum absolute atomic E-state index is 0.179. The van der Waals surface area contributed by atoms with Crippen LogP contribution in [0.4, 0.5) is 0 Å². The summed E-state index contributed by atoms with van der Waals surface area (Å²) in [6.45, 7) is 6.53. The van der Waals surface area contributed by atoms with Crippen LogP contribution < -0.4 is 5.73 Å². The second-order valence-corrected chi connectivity index (χ2v) is 6.51. The van der Waals surface area contributed by atoms with Gasteiger partial charge in [-0.2, -0.15) is 0 Å². The molecule has 0 fully saturated rings. The van der Waals surface area contributed by atoms with E-state index in [0.717, 1.165) is 12.5 Å². The maximum Gasteiger partial charge on any atom is 0.336 e. The Morgan fingerprint density at radius 3 is 2.54 bits per heavy atom. The molecule has 80 valence electrons. The second kappa shape index (κ2) is 6.50. The molecule has 0 aliphatic heterocycles. The zero-order valence-corrected chi connectivity index (χ0v) is 9.75. The zero-order valence-electron chi connectivity index (χ0n) is 8.75. The molecular weight excluding hydrogens is 186 g/mol. The lowest BCUT2D eigenvalue weighted by molar-refractivity contribution is 0.132. The molecule has 0 amide bonds. The molecule has 0 saturated carbocycles. The highest BCUT2D eigenvalue weighted by Gasteiger charge is 2.31. The van der Waals surface area contributed by atoms with E-state index in [1.165, 1.54) is 0 Å². The number of aliphatic hydroxyl groups is 1. The molecule has 0 aromatic carbocycles. The summed E-state index contributed by atoms with van der Waals surface area (Å²) in [6.07, 6.45) is 0.428. The van der Waals surface area contributed by atoms with Crippen molar-refractivity contribution in [1.29, 1.82) is 0 Å². The Kier molecular flexibility index (Phi) is 6.53. The fraction of sp³-hybridized carbons (Fsp3) is 1.00. The van der Waals surface area contributed by atoms with E-state index in [1.807, 2.05) is 13.5 Å². The third-order valence-electron chi connectivity index (χ3n) is 1.67. The van der Waals surface area contributed by atoms with Crippen molar-refractivity contribution in [3.05, 3.63) is 0 Å². The van der Waals surface area contributed by atoms with Crippen molar-refractivity contribution < 1.29 is 14.0 Å². The average molecular weight is 207 g/mol. The first kappa shape index (κ1) is 13.1. The maximum absolute atomic E-state index is 8.71. The second-order valence-electron chi connectivity index (χ2n) is 3.22. The quantitative estimate of drug-likeness (QED) is 0.479. The van der Waals surface area contributed by atoms with Gasteiger partial charge in [0.1, 0.15) is 0 Å². The Morgan fingerprint density at radius 1 is 1.54 bits per heavy atom. The van der Waals surface area contributed by atoms with E-state index in [9.17, 15) is 0 Å². The van der Waals surface area contributed by atoms with E-state index in [2.05, 4.69) is 0 Å². The molecule has 0 bridgehead atoms. The van der Waals surface area contributed by atoms with E-state index in [-0.39, 0.29) is 12.8 Å². The van der Waals surface area contributed by atoms with Crippen molar-refractivity contribution in [2.75, 3.05) is 13.2 Å². The first-order chi connectivity index (χ1) is 6.04. The molecule has 0 heterocycles. The lowest BCUT2D eigenvalue weighted by Crippen LogP contribution is -2.44. The van der Waals surface area contributed by atoms with Gasteiger partial charge in [0.25, 0.3) is 0 Å². The van der Waals surface area contributed by atoms with Gasteiger partial charge in [0.05, 0.1) is 6.23 Å². The molecule has 2 atom stereocenters. The third-order valence-corrected chi connectivity index (χ3v) is 4.71. The average Bonchev–Trinajstić information content (AvgIpc) is 2.00. The van der Waals surface area contributed by atoms with Crippen molar-refractivity contribution in [2.45, 2.75) is 39.1 Å². The van der Waals surface area contributed by atoms with Crippen LogP contribution in [-0.2, 0) is 8.85 Å². The number of hydrogen-bond acceptors (Lipinski definition) is 4. The van der Waals surface area contributed by atoms with Gasteiger partial charge in [-0.3, -0.25) is 0 Å². The van der Waals surface area contributed by atoms with Crippen LogP contribution in [0, 0.1) is 0 Å². The van der Waals surface area contributed by atoms with Crippen molar-refractivity contribution in [2.24, 2.45) is 5.73 Å². The molecule has 0 spiro atoms. The Bertz CT molecular complexity index is 135. The van der Waals surface area contributed by atoms with Crippen LogP contribution in [0.5, 0.6) is 0 Å². The van der Waals surface area contributed by atoms with Gasteiger partial charge >= 0.3 is 8.56 Å². The highest BCUT2D eigenvalue weighted by atomic mass is 28.4. The molecule has 0 radical (unpaired) electrons. The van der Waals surface area contributed by atoms with Gasteiger partial charge in [-0.05, 0) is 32.9 Å². The van der Waals surface area contributed by atoms with Gasteiger partial charge in [0.2, 0.25) is 0 Å². The highest BCUT2D eigenvalue weighted by molar-refractivity contribution is 6.66. The van der Waals surface area contributed by atoms with Crippen LogP contribution in [0.15, 0.2) is 0 Å². The Balaban J connectivity index is 3.99. The lowest BCUT2D eigenvalue weighted by atomic mass is 10.5. The summed E-state index contributed by atoms with van der Waals surface area (Å²) < 4.78 is 11.1. The van der Waals surface area contributed by atoms with Gasteiger partial charge in [-0.1, -0.05) is 0 Å². The molecule has 0 aliphatic rings. The standard InChI is InChI=1S/C8H21NO3Si/c1-4-11-13(3,7-5-6-10)12-8(2)9/h8,10H,4-7,9H2,1-3H3. The molecule has 0 aromatic heterocycles. The van der Waals surface area contributed by atoms with Crippen LogP contribution >= 0.6 is 0 Å². The van der Waals surface area contributed by atoms with Crippen LogP contribution in [0.2, 0.25) is 12.6 Å². The molecule has 0 rings (SSSR count). The summed E-state index contributed by atoms with van der Waals surface area (Å²) in [6, 6.07) is 0.791. The predicted octanol–water partition coefficient (Wildman–Crippen LogP) is 0.799. The van der Waals surface area contributed by atoms with Crippen molar-refractivity contribution in [3.8, 4) is 0 Å². The largest absolute Gasteiger partial charge is 0.396 e. The van der Waals surface area contributed by atoms with Crippen molar-refractivity contribution in [1.82, 2.24) is 0 Å². The number of rotatable bonds is 7. The molecule has 0 aliphatic carbocycles. The third kappa shape index (κ3) is 6.17. The predicted molar refractivity (Wildman–Crippen MR) is 54.5 cm³/mol. The Morgan fingerprint density at radius 2 is 2.15 bits per heavy atom. The van der Waals surface area contributed by atoms with E-state index in [1.54, 1.807) is 6.92 Å². The summed E-state index contributed by atoms with van der Waals surface area (Å²) in [5, 5.41) is 8.71. The normalized spacial score (nSPS) is 18.2. The van der Waals surface area contributed by atoms with Crippen LogP contribution in [-0.4, -0.2) is 33.1 Å². The first-order valence-electron chi connectivity index (χ1n) is 4.72. The van der Waals surface area contributed by atoms with Crippen LogP contribution in [0.3, 0.4) is 0 Å². The van der Waals surface area contributed by atoms with E-state index in [0.29, 0.717) is 6.61 Å². The number of aliphatic hydroxyl groups excluding tert-OH is 1. The fourth-order valence-corrected chi connectivity index (χ4v) is 3.79. The minimum atomic E-state index is -2.12. The van der Waals surface area contributed by atoms with Crippen LogP contribution in [0.1, 0.15) is 20.3 Å². The molecule has 4 nitrogen and oxygen atoms in total. The topological polar surface area (TPSA) is 64.7 Å². The summed E-state index contributed by atoms with van der Waals surface area (Å²) in [7, 11) is -2.12. The lowest BCUT2D eigenvalue weighted by Gasteiger charge is -2.28. The minimum Gasteiger partial charge on any atom is -0.396 e. The zero-order chi connectivity index (χ0) is 10.3. The molecule has 0 saturated heterocycles.